The van der Waals surface area contributed by atoms with Gasteiger partial charge in [0.25, 0.3) is 5.56 Å². The zero-order valence-electron chi connectivity index (χ0n) is 20.3. The van der Waals surface area contributed by atoms with Crippen LogP contribution < -0.4 is 15.0 Å². The van der Waals surface area contributed by atoms with E-state index in [1.165, 1.54) is 16.4 Å². The second-order valence-corrected chi connectivity index (χ2v) is 10.9. The second-order valence-electron chi connectivity index (χ2n) is 8.98. The van der Waals surface area contributed by atoms with Gasteiger partial charge in [-0.25, -0.2) is 8.42 Å². The number of H-pyrrole nitrogens is 1. The lowest BCUT2D eigenvalue weighted by Gasteiger charge is -2.24. The fourth-order valence-electron chi connectivity index (χ4n) is 4.49. The van der Waals surface area contributed by atoms with Gasteiger partial charge in [0.1, 0.15) is 13.2 Å². The lowest BCUT2D eigenvalue weighted by atomic mass is 10.1. The highest BCUT2D eigenvalue weighted by molar-refractivity contribution is 7.89. The summed E-state index contributed by atoms with van der Waals surface area (Å²) in [6.45, 7) is 4.88. The number of pyridine rings is 1. The first-order chi connectivity index (χ1) is 17.3. The molecule has 0 unspecified atom stereocenters. The molecule has 0 aliphatic carbocycles. The molecule has 0 bridgehead atoms. The van der Waals surface area contributed by atoms with E-state index in [4.69, 9.17) is 9.47 Å². The van der Waals surface area contributed by atoms with Crippen molar-refractivity contribution in [3.05, 3.63) is 99.3 Å². The summed E-state index contributed by atoms with van der Waals surface area (Å²) in [4.78, 5) is 16.0. The Hall–Kier alpha value is -3.62. The van der Waals surface area contributed by atoms with Gasteiger partial charge >= 0.3 is 0 Å². The average Bonchev–Trinajstić information content (AvgIpc) is 2.88. The Morgan fingerprint density at radius 2 is 1.61 bits per heavy atom. The van der Waals surface area contributed by atoms with Crippen LogP contribution in [0, 0.1) is 13.8 Å². The van der Waals surface area contributed by atoms with E-state index in [9.17, 15) is 13.2 Å². The van der Waals surface area contributed by atoms with Crippen molar-refractivity contribution in [3.8, 4) is 11.5 Å². The van der Waals surface area contributed by atoms with Gasteiger partial charge in [0.15, 0.2) is 11.5 Å². The van der Waals surface area contributed by atoms with E-state index in [0.717, 1.165) is 27.6 Å². The molecule has 0 saturated heterocycles. The van der Waals surface area contributed by atoms with Crippen LogP contribution in [0.4, 0.5) is 0 Å². The first-order valence-electron chi connectivity index (χ1n) is 11.9. The minimum atomic E-state index is -3.95. The Labute approximate surface area is 210 Å². The maximum atomic E-state index is 13.9. The summed E-state index contributed by atoms with van der Waals surface area (Å²) < 4.78 is 40.3. The van der Waals surface area contributed by atoms with Crippen LogP contribution in [0.2, 0.25) is 0 Å². The van der Waals surface area contributed by atoms with Crippen LogP contribution >= 0.6 is 0 Å². The standard InChI is InChI=1S/C28H28N2O5S/c1-19-6-3-4-8-21(19)12-13-30(18-23-16-22-9-5-7-20(2)27(22)29-28(23)31)36(32,33)24-10-11-25-26(17-24)35-15-14-34-25/h3-11,16-17H,12-15,18H2,1-2H3,(H,29,31). The van der Waals surface area contributed by atoms with Gasteiger partial charge in [-0.3, -0.25) is 4.79 Å². The fraction of sp³-hybridized carbons (Fsp3) is 0.250. The van der Waals surface area contributed by atoms with Crippen molar-refractivity contribution in [1.82, 2.24) is 9.29 Å². The summed E-state index contributed by atoms with van der Waals surface area (Å²) in [6, 6.07) is 20.1. The molecule has 0 amide bonds. The molecular weight excluding hydrogens is 476 g/mol. The molecule has 8 heteroatoms. The van der Waals surface area contributed by atoms with E-state index in [2.05, 4.69) is 4.98 Å². The smallest absolute Gasteiger partial charge is 0.252 e. The van der Waals surface area contributed by atoms with Gasteiger partial charge in [-0.05, 0) is 60.5 Å². The highest BCUT2D eigenvalue weighted by atomic mass is 32.2. The normalized spacial score (nSPS) is 13.3. The first kappa shape index (κ1) is 24.1. The topological polar surface area (TPSA) is 88.7 Å². The third kappa shape index (κ3) is 4.74. The number of aryl methyl sites for hydroxylation is 2. The minimum Gasteiger partial charge on any atom is -0.486 e. The molecule has 4 aromatic rings. The number of hydrogen-bond acceptors (Lipinski definition) is 5. The predicted molar refractivity (Wildman–Crippen MR) is 139 cm³/mol. The Morgan fingerprint density at radius 3 is 2.42 bits per heavy atom. The third-order valence-electron chi connectivity index (χ3n) is 6.55. The van der Waals surface area contributed by atoms with Crippen LogP contribution in [0.25, 0.3) is 10.9 Å². The van der Waals surface area contributed by atoms with E-state index < -0.39 is 10.0 Å². The Morgan fingerprint density at radius 1 is 0.861 bits per heavy atom. The molecule has 2 heterocycles. The van der Waals surface area contributed by atoms with Crippen molar-refractivity contribution in [2.45, 2.75) is 31.7 Å². The quantitative estimate of drug-likeness (QED) is 0.404. The minimum absolute atomic E-state index is 0.0537. The van der Waals surface area contributed by atoms with E-state index >= 15 is 0 Å². The van der Waals surface area contributed by atoms with Crippen molar-refractivity contribution >= 4 is 20.9 Å². The molecular formula is C28H28N2O5S. The molecule has 0 atom stereocenters. The third-order valence-corrected chi connectivity index (χ3v) is 8.40. The van der Waals surface area contributed by atoms with Gasteiger partial charge in [-0.15, -0.1) is 0 Å². The summed E-state index contributed by atoms with van der Waals surface area (Å²) in [6.07, 6.45) is 0.515. The molecule has 1 aromatic heterocycles. The van der Waals surface area contributed by atoms with Crippen LogP contribution in [-0.4, -0.2) is 37.5 Å². The number of sulfonamides is 1. The predicted octanol–water partition coefficient (Wildman–Crippen LogP) is 4.35. The number of benzene rings is 3. The average molecular weight is 505 g/mol. The summed E-state index contributed by atoms with van der Waals surface area (Å²) in [5.41, 5.74) is 3.95. The van der Waals surface area contributed by atoms with Gasteiger partial charge in [-0.1, -0.05) is 42.5 Å². The maximum absolute atomic E-state index is 13.9. The number of rotatable bonds is 7. The van der Waals surface area contributed by atoms with Gasteiger partial charge < -0.3 is 14.5 Å². The van der Waals surface area contributed by atoms with Crippen molar-refractivity contribution in [2.24, 2.45) is 0 Å². The number of nitrogens with one attached hydrogen (secondary N) is 1. The molecule has 5 rings (SSSR count). The summed E-state index contributed by atoms with van der Waals surface area (Å²) >= 11 is 0. The molecule has 0 fully saturated rings. The van der Waals surface area contributed by atoms with Crippen molar-refractivity contribution in [3.63, 3.8) is 0 Å². The fourth-order valence-corrected chi connectivity index (χ4v) is 5.92. The number of aromatic nitrogens is 1. The molecule has 3 aromatic carbocycles. The molecule has 1 aliphatic rings. The van der Waals surface area contributed by atoms with E-state index in [1.54, 1.807) is 12.1 Å². The van der Waals surface area contributed by atoms with Crippen molar-refractivity contribution in [1.29, 1.82) is 0 Å². The van der Waals surface area contributed by atoms with Crippen LogP contribution in [0.15, 0.2) is 76.4 Å². The number of para-hydroxylation sites is 1. The van der Waals surface area contributed by atoms with Gasteiger partial charge in [0.05, 0.1) is 10.4 Å². The SMILES string of the molecule is Cc1ccccc1CCN(Cc1cc2cccc(C)c2[nH]c1=O)S(=O)(=O)c1ccc2c(c1)OCCO2. The van der Waals surface area contributed by atoms with Crippen molar-refractivity contribution in [2.75, 3.05) is 19.8 Å². The van der Waals surface area contributed by atoms with Crippen LogP contribution in [0.5, 0.6) is 11.5 Å². The molecule has 7 nitrogen and oxygen atoms in total. The molecule has 1 aliphatic heterocycles. The molecule has 0 saturated carbocycles. The summed E-state index contributed by atoms with van der Waals surface area (Å²) in [7, 11) is -3.95. The maximum Gasteiger partial charge on any atom is 0.252 e. The van der Waals surface area contributed by atoms with Crippen LogP contribution in [0.3, 0.4) is 0 Å². The highest BCUT2D eigenvalue weighted by Crippen LogP contribution is 2.33. The number of hydrogen-bond donors (Lipinski definition) is 1. The highest BCUT2D eigenvalue weighted by Gasteiger charge is 2.28. The number of nitrogens with zero attached hydrogens (tertiary/aromatic N) is 1. The zero-order chi connectivity index (χ0) is 25.3. The van der Waals surface area contributed by atoms with E-state index in [1.807, 2.05) is 56.3 Å². The van der Waals surface area contributed by atoms with Crippen LogP contribution in [0.1, 0.15) is 22.3 Å². The lowest BCUT2D eigenvalue weighted by molar-refractivity contribution is 0.171. The van der Waals surface area contributed by atoms with Gasteiger partial charge in [0, 0.05) is 24.7 Å². The monoisotopic (exact) mass is 504 g/mol. The number of fused-ring (bicyclic) bond motifs is 2. The first-order valence-corrected chi connectivity index (χ1v) is 13.3. The summed E-state index contributed by atoms with van der Waals surface area (Å²) in [5.74, 6) is 0.924. The lowest BCUT2D eigenvalue weighted by Crippen LogP contribution is -2.34. The number of aromatic amines is 1. The molecule has 1 N–H and O–H groups in total. The van der Waals surface area contributed by atoms with E-state index in [-0.39, 0.29) is 23.5 Å². The zero-order valence-corrected chi connectivity index (χ0v) is 21.1. The Kier molecular flexibility index (Phi) is 6.55. The molecule has 0 spiro atoms. The number of ether oxygens (including phenoxy) is 2. The van der Waals surface area contributed by atoms with Gasteiger partial charge in [-0.2, -0.15) is 4.31 Å². The van der Waals surface area contributed by atoms with E-state index in [0.29, 0.717) is 36.7 Å². The molecule has 36 heavy (non-hydrogen) atoms. The second kappa shape index (κ2) is 9.79. The summed E-state index contributed by atoms with van der Waals surface area (Å²) in [5, 5.41) is 0.861. The van der Waals surface area contributed by atoms with Crippen LogP contribution in [-0.2, 0) is 23.0 Å². The molecule has 0 radical (unpaired) electrons. The van der Waals surface area contributed by atoms with Gasteiger partial charge in [0.2, 0.25) is 10.0 Å². The molecule has 186 valence electrons. The largest absolute Gasteiger partial charge is 0.486 e. The Balaban J connectivity index is 1.53. The van der Waals surface area contributed by atoms with Crippen molar-refractivity contribution < 1.29 is 17.9 Å². The Bertz CT molecular complexity index is 1590.